The fraction of sp³-hybridized carbons (Fsp3) is 0.462. The highest BCUT2D eigenvalue weighted by molar-refractivity contribution is 7.09. The Kier molecular flexibility index (Phi) is 7.28. The summed E-state index contributed by atoms with van der Waals surface area (Å²) in [4.78, 5) is 19.8. The van der Waals surface area contributed by atoms with Crippen LogP contribution in [0, 0.1) is 6.92 Å². The molecule has 1 aromatic carbocycles. The normalized spacial score (nSPS) is 13.1. The molecule has 0 unspecified atom stereocenters. The molecule has 0 fully saturated rings. The van der Waals surface area contributed by atoms with Crippen LogP contribution >= 0.6 is 11.3 Å². The van der Waals surface area contributed by atoms with Crippen molar-refractivity contribution in [3.8, 4) is 0 Å². The summed E-state index contributed by atoms with van der Waals surface area (Å²) in [6, 6.07) is 12.3. The number of nitrogens with one attached hydrogen (secondary N) is 1. The smallest absolute Gasteiger partial charge is 0.252 e. The van der Waals surface area contributed by atoms with E-state index in [4.69, 9.17) is 0 Å². The molecule has 0 saturated heterocycles. The van der Waals surface area contributed by atoms with Crippen LogP contribution in [0.3, 0.4) is 0 Å². The van der Waals surface area contributed by atoms with Gasteiger partial charge in [0.15, 0.2) is 5.82 Å². The number of pyridine rings is 1. The Morgan fingerprint density at radius 1 is 1.18 bits per heavy atom. The minimum absolute atomic E-state index is 0.0134. The van der Waals surface area contributed by atoms with Crippen LogP contribution < -0.4 is 5.56 Å². The number of thiophene rings is 1. The maximum Gasteiger partial charge on any atom is 0.252 e. The number of rotatable bonds is 10. The largest absolute Gasteiger partial charge is 0.322 e. The van der Waals surface area contributed by atoms with Gasteiger partial charge in [-0.3, -0.25) is 9.69 Å². The van der Waals surface area contributed by atoms with Crippen LogP contribution in [0.4, 0.5) is 0 Å². The summed E-state index contributed by atoms with van der Waals surface area (Å²) in [5.41, 5.74) is 2.55. The van der Waals surface area contributed by atoms with Crippen molar-refractivity contribution in [1.29, 1.82) is 0 Å². The van der Waals surface area contributed by atoms with Crippen LogP contribution in [0.1, 0.15) is 74.8 Å². The third kappa shape index (κ3) is 5.13. The van der Waals surface area contributed by atoms with Gasteiger partial charge in [0, 0.05) is 29.0 Å². The third-order valence-electron chi connectivity index (χ3n) is 6.62. The van der Waals surface area contributed by atoms with E-state index >= 15 is 0 Å². The highest BCUT2D eigenvalue weighted by Gasteiger charge is 2.31. The predicted octanol–water partition coefficient (Wildman–Crippen LogP) is 5.57. The van der Waals surface area contributed by atoms with Crippen LogP contribution in [0.15, 0.2) is 46.6 Å². The van der Waals surface area contributed by atoms with Crippen molar-refractivity contribution in [2.75, 3.05) is 0 Å². The fourth-order valence-corrected chi connectivity index (χ4v) is 5.05. The second kappa shape index (κ2) is 10.2. The lowest BCUT2D eigenvalue weighted by Crippen LogP contribution is -2.36. The molecule has 0 aliphatic heterocycles. The van der Waals surface area contributed by atoms with Crippen molar-refractivity contribution >= 4 is 22.2 Å². The van der Waals surface area contributed by atoms with Crippen LogP contribution in [-0.4, -0.2) is 30.1 Å². The molecule has 1 N–H and O–H groups in total. The number of nitrogens with zero attached hydrogens (tertiary/aromatic N) is 5. The molecule has 0 aliphatic carbocycles. The van der Waals surface area contributed by atoms with Crippen LogP contribution in [0.25, 0.3) is 10.9 Å². The van der Waals surface area contributed by atoms with Gasteiger partial charge < -0.3 is 4.98 Å². The zero-order valence-electron chi connectivity index (χ0n) is 20.7. The van der Waals surface area contributed by atoms with E-state index in [0.717, 1.165) is 48.1 Å². The Morgan fingerprint density at radius 2 is 2.00 bits per heavy atom. The molecule has 0 saturated carbocycles. The van der Waals surface area contributed by atoms with Gasteiger partial charge in [0.2, 0.25) is 0 Å². The molecule has 34 heavy (non-hydrogen) atoms. The van der Waals surface area contributed by atoms with Gasteiger partial charge in [-0.1, -0.05) is 38.0 Å². The van der Waals surface area contributed by atoms with Crippen molar-refractivity contribution < 1.29 is 0 Å². The maximum absolute atomic E-state index is 13.1. The molecule has 4 rings (SSSR count). The van der Waals surface area contributed by atoms with Crippen molar-refractivity contribution in [2.45, 2.75) is 78.6 Å². The first-order valence-corrected chi connectivity index (χ1v) is 12.9. The zero-order valence-corrected chi connectivity index (χ0v) is 21.5. The van der Waals surface area contributed by atoms with E-state index in [1.165, 1.54) is 10.4 Å². The van der Waals surface area contributed by atoms with Gasteiger partial charge in [0.25, 0.3) is 5.56 Å². The predicted molar refractivity (Wildman–Crippen MR) is 138 cm³/mol. The van der Waals surface area contributed by atoms with Gasteiger partial charge in [-0.2, -0.15) is 0 Å². The lowest BCUT2D eigenvalue weighted by molar-refractivity contribution is 0.147. The molecule has 0 spiro atoms. The van der Waals surface area contributed by atoms with Crippen LogP contribution in [-0.2, 0) is 18.6 Å². The number of benzene rings is 1. The van der Waals surface area contributed by atoms with Crippen LogP contribution in [0.5, 0.6) is 0 Å². The van der Waals surface area contributed by atoms with E-state index in [0.29, 0.717) is 6.54 Å². The summed E-state index contributed by atoms with van der Waals surface area (Å²) >= 11 is 1.73. The average Bonchev–Trinajstić information content (AvgIpc) is 3.50. The number of hydrogen-bond acceptors (Lipinski definition) is 6. The first kappa shape index (κ1) is 24.3. The standard InChI is InChI=1S/C26H34N6OS/c1-6-9-23(24-28-29-30-32(24)26(4,5)7-2)31(17-21-10-8-13-34-21)16-20-15-19-14-18(3)11-12-22(19)27-25(20)33/h8,10-15,23H,6-7,9,16-17H2,1-5H3,(H,27,33)/t23-/m1/s1. The molecular formula is C26H34N6OS. The van der Waals surface area contributed by atoms with E-state index < -0.39 is 0 Å². The molecule has 0 amide bonds. The average molecular weight is 479 g/mol. The minimum Gasteiger partial charge on any atom is -0.322 e. The molecule has 3 heterocycles. The highest BCUT2D eigenvalue weighted by Crippen LogP contribution is 2.31. The summed E-state index contributed by atoms with van der Waals surface area (Å²) in [6.45, 7) is 12.0. The molecule has 0 radical (unpaired) electrons. The Labute approximate surface area is 204 Å². The van der Waals surface area contributed by atoms with Gasteiger partial charge in [-0.05, 0) is 79.1 Å². The second-order valence-electron chi connectivity index (χ2n) is 9.62. The molecule has 0 aliphatic rings. The Balaban J connectivity index is 1.78. The molecular weight excluding hydrogens is 444 g/mol. The Morgan fingerprint density at radius 3 is 2.71 bits per heavy atom. The first-order chi connectivity index (χ1) is 16.3. The zero-order chi connectivity index (χ0) is 24.3. The van der Waals surface area contributed by atoms with Gasteiger partial charge in [-0.25, -0.2) is 4.68 Å². The number of H-pyrrole nitrogens is 1. The van der Waals surface area contributed by atoms with Crippen LogP contribution in [0.2, 0.25) is 0 Å². The lowest BCUT2D eigenvalue weighted by atomic mass is 10.0. The Hall–Kier alpha value is -2.84. The van der Waals surface area contributed by atoms with E-state index in [2.05, 4.69) is 83.6 Å². The summed E-state index contributed by atoms with van der Waals surface area (Å²) < 4.78 is 1.97. The number of hydrogen-bond donors (Lipinski definition) is 1. The van der Waals surface area contributed by atoms with Gasteiger partial charge in [0.1, 0.15) is 0 Å². The van der Waals surface area contributed by atoms with Crippen molar-refractivity contribution in [3.63, 3.8) is 0 Å². The molecule has 1 atom stereocenters. The number of tetrazole rings is 1. The first-order valence-electron chi connectivity index (χ1n) is 12.0. The van der Waals surface area contributed by atoms with E-state index in [1.807, 2.05) is 22.9 Å². The molecule has 8 heteroatoms. The quantitative estimate of drug-likeness (QED) is 0.322. The van der Waals surface area contributed by atoms with E-state index in [-0.39, 0.29) is 17.1 Å². The topological polar surface area (TPSA) is 79.7 Å². The van der Waals surface area contributed by atoms with Crippen molar-refractivity contribution in [1.82, 2.24) is 30.1 Å². The van der Waals surface area contributed by atoms with E-state index in [1.54, 1.807) is 11.3 Å². The molecule has 180 valence electrons. The van der Waals surface area contributed by atoms with E-state index in [9.17, 15) is 4.79 Å². The van der Waals surface area contributed by atoms with Gasteiger partial charge in [-0.15, -0.1) is 16.4 Å². The summed E-state index contributed by atoms with van der Waals surface area (Å²) in [6.07, 6.45) is 2.80. The molecule has 0 bridgehead atoms. The molecule has 3 aromatic heterocycles. The summed E-state index contributed by atoms with van der Waals surface area (Å²) in [5, 5.41) is 16.1. The second-order valence-corrected chi connectivity index (χ2v) is 10.7. The van der Waals surface area contributed by atoms with Crippen molar-refractivity contribution in [2.24, 2.45) is 0 Å². The summed E-state index contributed by atoms with van der Waals surface area (Å²) in [5.74, 6) is 0.860. The number of fused-ring (bicyclic) bond motifs is 1. The highest BCUT2D eigenvalue weighted by atomic mass is 32.1. The lowest BCUT2D eigenvalue weighted by Gasteiger charge is -2.33. The number of aromatic nitrogens is 5. The third-order valence-corrected chi connectivity index (χ3v) is 7.48. The monoisotopic (exact) mass is 478 g/mol. The van der Waals surface area contributed by atoms with Crippen molar-refractivity contribution in [3.05, 3.63) is 74.0 Å². The molecule has 7 nitrogen and oxygen atoms in total. The minimum atomic E-state index is -0.197. The Bertz CT molecular complexity index is 1290. The van der Waals surface area contributed by atoms with Gasteiger partial charge >= 0.3 is 0 Å². The number of aryl methyl sites for hydroxylation is 1. The van der Waals surface area contributed by atoms with Gasteiger partial charge in [0.05, 0.1) is 11.6 Å². The number of aromatic amines is 1. The summed E-state index contributed by atoms with van der Waals surface area (Å²) in [7, 11) is 0. The fourth-order valence-electron chi connectivity index (χ4n) is 4.32. The maximum atomic E-state index is 13.1. The molecule has 4 aromatic rings. The SMILES string of the molecule is CCC[C@H](c1nnnn1C(C)(C)CC)N(Cc1cccs1)Cc1cc2cc(C)ccc2[nH]c1=O.